The minimum atomic E-state index is -3.08. The number of halogens is 2. The number of methoxy groups -OCH3 is 2. The molecule has 0 unspecified atom stereocenters. The van der Waals surface area contributed by atoms with E-state index < -0.39 is 12.6 Å². The molecule has 18 heavy (non-hydrogen) atoms. The summed E-state index contributed by atoms with van der Waals surface area (Å²) in [6, 6.07) is 3.76. The quantitative estimate of drug-likeness (QED) is 0.771. The topological polar surface area (TPSA) is 68.6 Å². The molecule has 7 heteroatoms. The first kappa shape index (κ1) is 13.7. The Hall–Kier alpha value is -2.36. The Morgan fingerprint density at radius 2 is 2.00 bits per heavy atom. The summed E-state index contributed by atoms with van der Waals surface area (Å²) in [5.74, 6) is -1.12. The van der Waals surface area contributed by atoms with Crippen LogP contribution in [0.5, 0.6) is 11.5 Å². The largest absolute Gasteiger partial charge is 0.496 e. The van der Waals surface area contributed by atoms with Gasteiger partial charge in [-0.15, -0.1) is 0 Å². The summed E-state index contributed by atoms with van der Waals surface area (Å²) in [6.45, 7) is -3.08. The molecular formula is C11H9F2NO4. The number of carbonyl (C=O) groups is 1. The van der Waals surface area contributed by atoms with Crippen LogP contribution in [0.2, 0.25) is 0 Å². The highest BCUT2D eigenvalue weighted by molar-refractivity contribution is 5.93. The van der Waals surface area contributed by atoms with Crippen LogP contribution in [0, 0.1) is 11.3 Å². The molecule has 96 valence electrons. The Morgan fingerprint density at radius 1 is 1.33 bits per heavy atom. The van der Waals surface area contributed by atoms with E-state index in [4.69, 9.17) is 10.00 Å². The lowest BCUT2D eigenvalue weighted by atomic mass is 10.1. The second-order valence-electron chi connectivity index (χ2n) is 3.03. The summed E-state index contributed by atoms with van der Waals surface area (Å²) in [5.41, 5.74) is -0.255. The lowest BCUT2D eigenvalue weighted by molar-refractivity contribution is -0.0501. The van der Waals surface area contributed by atoms with E-state index in [-0.39, 0.29) is 22.6 Å². The Labute approximate surface area is 101 Å². The van der Waals surface area contributed by atoms with Crippen molar-refractivity contribution in [2.75, 3.05) is 14.2 Å². The number of hydrogen-bond acceptors (Lipinski definition) is 5. The van der Waals surface area contributed by atoms with Crippen LogP contribution in [0.3, 0.4) is 0 Å². The Balaban J connectivity index is 3.33. The zero-order chi connectivity index (χ0) is 13.7. The van der Waals surface area contributed by atoms with E-state index >= 15 is 0 Å². The molecule has 0 saturated carbocycles. The number of esters is 1. The molecule has 0 radical (unpaired) electrons. The van der Waals surface area contributed by atoms with Gasteiger partial charge in [0.05, 0.1) is 19.8 Å². The highest BCUT2D eigenvalue weighted by Gasteiger charge is 2.19. The van der Waals surface area contributed by atoms with Crippen molar-refractivity contribution in [3.63, 3.8) is 0 Å². The van der Waals surface area contributed by atoms with Gasteiger partial charge in [0.15, 0.2) is 0 Å². The highest BCUT2D eigenvalue weighted by atomic mass is 19.3. The van der Waals surface area contributed by atoms with Crippen molar-refractivity contribution in [3.8, 4) is 17.6 Å². The second-order valence-corrected chi connectivity index (χ2v) is 3.03. The Morgan fingerprint density at radius 3 is 2.44 bits per heavy atom. The van der Waals surface area contributed by atoms with Crippen LogP contribution in [0.25, 0.3) is 0 Å². The molecular weight excluding hydrogens is 248 g/mol. The van der Waals surface area contributed by atoms with Crippen molar-refractivity contribution in [1.82, 2.24) is 0 Å². The molecule has 0 amide bonds. The number of nitriles is 1. The molecule has 0 saturated heterocycles. The van der Waals surface area contributed by atoms with Gasteiger partial charge in [-0.3, -0.25) is 0 Å². The van der Waals surface area contributed by atoms with Gasteiger partial charge < -0.3 is 14.2 Å². The van der Waals surface area contributed by atoms with Crippen molar-refractivity contribution in [2.24, 2.45) is 0 Å². The fourth-order valence-corrected chi connectivity index (χ4v) is 1.28. The van der Waals surface area contributed by atoms with Gasteiger partial charge in [-0.05, 0) is 6.07 Å². The minimum Gasteiger partial charge on any atom is -0.496 e. The average molecular weight is 257 g/mol. The summed E-state index contributed by atoms with van der Waals surface area (Å²) in [7, 11) is 2.40. The molecule has 0 aliphatic carbocycles. The molecule has 0 N–H and O–H groups in total. The van der Waals surface area contributed by atoms with Gasteiger partial charge >= 0.3 is 12.6 Å². The first-order valence-electron chi connectivity index (χ1n) is 4.68. The SMILES string of the molecule is COC(=O)c1cc(C#N)c(OC(F)F)cc1OC. The fourth-order valence-electron chi connectivity index (χ4n) is 1.28. The summed E-state index contributed by atoms with van der Waals surface area (Å²) < 4.78 is 37.8. The van der Waals surface area contributed by atoms with Crippen LogP contribution >= 0.6 is 0 Å². The number of carbonyl (C=O) groups excluding carboxylic acids is 1. The molecule has 0 spiro atoms. The lowest BCUT2D eigenvalue weighted by Crippen LogP contribution is -2.08. The van der Waals surface area contributed by atoms with Crippen molar-refractivity contribution < 1.29 is 27.8 Å². The maximum Gasteiger partial charge on any atom is 0.387 e. The molecule has 5 nitrogen and oxygen atoms in total. The standard InChI is InChI=1S/C11H9F2NO4/c1-16-9-4-8(18-11(12)13)6(5-14)3-7(9)10(15)17-2/h3-4,11H,1-2H3. The van der Waals surface area contributed by atoms with E-state index in [1.165, 1.54) is 7.11 Å². The van der Waals surface area contributed by atoms with Crippen LogP contribution in [-0.4, -0.2) is 26.8 Å². The molecule has 0 aromatic heterocycles. The maximum absolute atomic E-state index is 12.1. The summed E-state index contributed by atoms with van der Waals surface area (Å²) in [5, 5.41) is 8.81. The van der Waals surface area contributed by atoms with E-state index in [2.05, 4.69) is 9.47 Å². The number of alkyl halides is 2. The third-order valence-electron chi connectivity index (χ3n) is 2.04. The van der Waals surface area contributed by atoms with Crippen molar-refractivity contribution in [3.05, 3.63) is 23.3 Å². The molecule has 1 rings (SSSR count). The average Bonchev–Trinajstić information content (AvgIpc) is 2.36. The monoisotopic (exact) mass is 257 g/mol. The van der Waals surface area contributed by atoms with Crippen molar-refractivity contribution in [2.45, 2.75) is 6.61 Å². The second kappa shape index (κ2) is 5.82. The predicted octanol–water partition coefficient (Wildman–Crippen LogP) is 1.95. The van der Waals surface area contributed by atoms with Gasteiger partial charge in [-0.1, -0.05) is 0 Å². The van der Waals surface area contributed by atoms with Crippen molar-refractivity contribution in [1.29, 1.82) is 5.26 Å². The molecule has 1 aromatic carbocycles. The van der Waals surface area contributed by atoms with E-state index in [1.807, 2.05) is 0 Å². The first-order chi connectivity index (χ1) is 8.53. The third kappa shape index (κ3) is 2.85. The molecule has 0 bridgehead atoms. The number of rotatable bonds is 4. The molecule has 0 aliphatic heterocycles. The van der Waals surface area contributed by atoms with Crippen LogP contribution in [-0.2, 0) is 4.74 Å². The molecule has 0 heterocycles. The van der Waals surface area contributed by atoms with Crippen LogP contribution in [0.1, 0.15) is 15.9 Å². The zero-order valence-electron chi connectivity index (χ0n) is 9.57. The zero-order valence-corrected chi connectivity index (χ0v) is 9.57. The molecule has 0 fully saturated rings. The smallest absolute Gasteiger partial charge is 0.387 e. The van der Waals surface area contributed by atoms with E-state index in [9.17, 15) is 13.6 Å². The van der Waals surface area contributed by atoms with Gasteiger partial charge in [0.2, 0.25) is 0 Å². The Kier molecular flexibility index (Phi) is 4.43. The predicted molar refractivity (Wildman–Crippen MR) is 55.7 cm³/mol. The maximum atomic E-state index is 12.1. The summed E-state index contributed by atoms with van der Waals surface area (Å²) in [6.07, 6.45) is 0. The van der Waals surface area contributed by atoms with Crippen LogP contribution in [0.4, 0.5) is 8.78 Å². The van der Waals surface area contributed by atoms with Crippen LogP contribution < -0.4 is 9.47 Å². The van der Waals surface area contributed by atoms with Crippen LogP contribution in [0.15, 0.2) is 12.1 Å². The fraction of sp³-hybridized carbons (Fsp3) is 0.273. The minimum absolute atomic E-state index is 0.0171. The van der Waals surface area contributed by atoms with Gasteiger partial charge in [0.1, 0.15) is 23.1 Å². The third-order valence-corrected chi connectivity index (χ3v) is 2.04. The van der Waals surface area contributed by atoms with E-state index in [0.29, 0.717) is 0 Å². The van der Waals surface area contributed by atoms with E-state index in [1.54, 1.807) is 6.07 Å². The number of nitrogens with zero attached hydrogens (tertiary/aromatic N) is 1. The van der Waals surface area contributed by atoms with E-state index in [0.717, 1.165) is 19.2 Å². The van der Waals surface area contributed by atoms with Gasteiger partial charge in [-0.2, -0.15) is 14.0 Å². The number of benzene rings is 1. The first-order valence-corrected chi connectivity index (χ1v) is 4.68. The number of hydrogen-bond donors (Lipinski definition) is 0. The highest BCUT2D eigenvalue weighted by Crippen LogP contribution is 2.30. The lowest BCUT2D eigenvalue weighted by Gasteiger charge is -2.11. The Bertz CT molecular complexity index is 497. The van der Waals surface area contributed by atoms with Crippen molar-refractivity contribution >= 4 is 5.97 Å². The normalized spacial score (nSPS) is 9.78. The number of ether oxygens (including phenoxy) is 3. The van der Waals surface area contributed by atoms with Gasteiger partial charge in [-0.25, -0.2) is 4.79 Å². The van der Waals surface area contributed by atoms with Gasteiger partial charge in [0, 0.05) is 6.07 Å². The molecule has 1 aromatic rings. The molecule has 0 aliphatic rings. The summed E-state index contributed by atoms with van der Waals surface area (Å²) >= 11 is 0. The summed E-state index contributed by atoms with van der Waals surface area (Å²) in [4.78, 5) is 11.4. The van der Waals surface area contributed by atoms with Gasteiger partial charge in [0.25, 0.3) is 0 Å². The molecule has 0 atom stereocenters.